The Kier molecular flexibility index (Phi) is 2.74. The fourth-order valence-corrected chi connectivity index (χ4v) is 0.207. The summed E-state index contributed by atoms with van der Waals surface area (Å²) in [4.78, 5) is 0. The van der Waals surface area contributed by atoms with Crippen LogP contribution in [-0.2, 0) is 0 Å². The van der Waals surface area contributed by atoms with E-state index in [1.807, 2.05) is 6.07 Å². The minimum atomic E-state index is 0.208. The Morgan fingerprint density at radius 1 is 2.00 bits per heavy atom. The molecule has 0 amide bonds. The van der Waals surface area contributed by atoms with Gasteiger partial charge in [0.05, 0.1) is 0 Å². The van der Waals surface area contributed by atoms with E-state index in [1.165, 1.54) is 0 Å². The molecular weight excluding hydrogens is 143 g/mol. The third kappa shape index (κ3) is 3.68. The maximum atomic E-state index is 7.83. The van der Waals surface area contributed by atoms with Crippen molar-refractivity contribution >= 4 is 20.6 Å². The van der Waals surface area contributed by atoms with Crippen molar-refractivity contribution in [3.63, 3.8) is 0 Å². The van der Waals surface area contributed by atoms with Crippen molar-refractivity contribution in [2.75, 3.05) is 0 Å². The summed E-state index contributed by atoms with van der Waals surface area (Å²) in [5.74, 6) is 0. The summed E-state index contributed by atoms with van der Waals surface area (Å²) < 4.78 is 0.303. The van der Waals surface area contributed by atoms with Gasteiger partial charge >= 0.3 is 43.8 Å². The second-order valence-corrected chi connectivity index (χ2v) is 1.79. The van der Waals surface area contributed by atoms with Crippen molar-refractivity contribution in [3.05, 3.63) is 0 Å². The Balaban J connectivity index is 3.13. The molecule has 6 heavy (non-hydrogen) atoms. The molecule has 0 aromatic carbocycles. The molecule has 2 nitrogen and oxygen atoms in total. The van der Waals surface area contributed by atoms with Gasteiger partial charge in [-0.05, 0) is 0 Å². The number of hydrogen-bond donors (Lipinski definition) is 1. The molecule has 0 spiro atoms. The van der Waals surface area contributed by atoms with Crippen LogP contribution >= 0.6 is 0 Å². The number of hydrogen-bond acceptors (Lipinski definition) is 2. The summed E-state index contributed by atoms with van der Waals surface area (Å²) in [6.45, 7) is 0. The molecule has 0 aromatic heterocycles. The zero-order valence-corrected chi connectivity index (χ0v) is 4.78. The zero-order valence-electron chi connectivity index (χ0n) is 3.06. The number of rotatable bonds is 1. The second-order valence-electron chi connectivity index (χ2n) is 0.758. The first-order valence-corrected chi connectivity index (χ1v) is 2.24. The molecule has 3 heteroatoms. The molecule has 0 aliphatic carbocycles. The molecule has 0 heterocycles. The zero-order chi connectivity index (χ0) is 4.99. The van der Waals surface area contributed by atoms with E-state index in [-0.39, 0.29) is 6.42 Å². The quantitative estimate of drug-likeness (QED) is 0.412. The van der Waals surface area contributed by atoms with Crippen LogP contribution in [0.15, 0.2) is 0 Å². The molecular formula is C3H3N2Se. The molecule has 31 valence electrons. The first-order valence-electron chi connectivity index (χ1n) is 1.38. The van der Waals surface area contributed by atoms with E-state index in [2.05, 4.69) is 16.0 Å². The first-order chi connectivity index (χ1) is 2.77. The van der Waals surface area contributed by atoms with Crippen molar-refractivity contribution < 1.29 is 0 Å². The van der Waals surface area contributed by atoms with Crippen molar-refractivity contribution in [2.24, 2.45) is 0 Å². The molecule has 0 atom stereocenters. The Hall–Kier alpha value is -0.321. The van der Waals surface area contributed by atoms with Crippen molar-refractivity contribution in [1.82, 2.24) is 0 Å². The molecule has 1 radical (unpaired) electrons. The fourth-order valence-electron chi connectivity index (χ4n) is 0.0718. The number of nitrogens with one attached hydrogen (secondary N) is 1. The van der Waals surface area contributed by atoms with Crippen molar-refractivity contribution in [1.29, 1.82) is 10.7 Å². The predicted octanol–water partition coefficient (Wildman–Crippen LogP) is 0.0459. The molecule has 0 saturated heterocycles. The summed E-state index contributed by atoms with van der Waals surface area (Å²) in [6.07, 6.45) is 0.208. The molecule has 0 bridgehead atoms. The predicted molar refractivity (Wildman–Crippen MR) is 23.7 cm³/mol. The molecule has 0 aliphatic heterocycles. The van der Waals surface area contributed by atoms with Gasteiger partial charge in [0, 0.05) is 0 Å². The third-order valence-corrected chi connectivity index (χ3v) is 0.542. The van der Waals surface area contributed by atoms with E-state index in [0.29, 0.717) is 4.61 Å². The normalized spacial score (nSPS) is 6.50. The van der Waals surface area contributed by atoms with Crippen LogP contribution in [0.3, 0.4) is 0 Å². The van der Waals surface area contributed by atoms with E-state index in [1.54, 1.807) is 0 Å². The van der Waals surface area contributed by atoms with Crippen LogP contribution < -0.4 is 0 Å². The van der Waals surface area contributed by atoms with Gasteiger partial charge in [-0.1, -0.05) is 0 Å². The topological polar surface area (TPSA) is 47.6 Å². The van der Waals surface area contributed by atoms with Gasteiger partial charge in [0.2, 0.25) is 0 Å². The van der Waals surface area contributed by atoms with Gasteiger partial charge in [-0.15, -0.1) is 0 Å². The average Bonchev–Trinajstić information content (AvgIpc) is 1.35. The van der Waals surface area contributed by atoms with Crippen LogP contribution in [0.2, 0.25) is 0 Å². The average molecular weight is 146 g/mol. The Morgan fingerprint density at radius 2 is 2.50 bits per heavy atom. The molecule has 0 aromatic rings. The standard InChI is InChI=1S/C3H3N2Se/c4-2-1-3(5)6/h5H,1H2. The molecule has 0 aliphatic rings. The van der Waals surface area contributed by atoms with Crippen LogP contribution in [0.5, 0.6) is 0 Å². The summed E-state index contributed by atoms with van der Waals surface area (Å²) in [7, 11) is 0. The van der Waals surface area contributed by atoms with Crippen LogP contribution in [0.4, 0.5) is 0 Å². The van der Waals surface area contributed by atoms with Gasteiger partial charge in [-0.2, -0.15) is 0 Å². The van der Waals surface area contributed by atoms with Crippen LogP contribution in [0.25, 0.3) is 0 Å². The van der Waals surface area contributed by atoms with Crippen LogP contribution in [0, 0.1) is 16.7 Å². The molecule has 0 fully saturated rings. The van der Waals surface area contributed by atoms with Crippen molar-refractivity contribution in [2.45, 2.75) is 6.42 Å². The van der Waals surface area contributed by atoms with Gasteiger partial charge in [0.15, 0.2) is 0 Å². The van der Waals surface area contributed by atoms with E-state index >= 15 is 0 Å². The van der Waals surface area contributed by atoms with Crippen LogP contribution in [-0.4, -0.2) is 20.6 Å². The Morgan fingerprint density at radius 3 is 2.50 bits per heavy atom. The fraction of sp³-hybridized carbons (Fsp3) is 0.333. The molecule has 0 rings (SSSR count). The number of nitrogens with zero attached hydrogens (tertiary/aromatic N) is 1. The van der Waals surface area contributed by atoms with E-state index < -0.39 is 0 Å². The van der Waals surface area contributed by atoms with Crippen molar-refractivity contribution in [3.8, 4) is 6.07 Å². The maximum absolute atomic E-state index is 7.83. The van der Waals surface area contributed by atoms with Gasteiger partial charge in [-0.3, -0.25) is 0 Å². The van der Waals surface area contributed by atoms with E-state index in [0.717, 1.165) is 0 Å². The first kappa shape index (κ1) is 5.68. The second kappa shape index (κ2) is 2.89. The Bertz CT molecular complexity index is 91.5. The van der Waals surface area contributed by atoms with E-state index in [4.69, 9.17) is 10.7 Å². The van der Waals surface area contributed by atoms with Gasteiger partial charge in [0.1, 0.15) is 0 Å². The summed E-state index contributed by atoms with van der Waals surface area (Å²) in [5.41, 5.74) is 0. The SMILES string of the molecule is N#CCC(=N)[Se]. The van der Waals surface area contributed by atoms with Crippen LogP contribution in [0.1, 0.15) is 6.42 Å². The molecule has 0 saturated carbocycles. The summed E-state index contributed by atoms with van der Waals surface area (Å²) >= 11 is 2.40. The molecule has 0 unspecified atom stereocenters. The van der Waals surface area contributed by atoms with Gasteiger partial charge in [-0.25, -0.2) is 0 Å². The monoisotopic (exact) mass is 147 g/mol. The van der Waals surface area contributed by atoms with Gasteiger partial charge < -0.3 is 0 Å². The number of nitriles is 1. The molecule has 1 N–H and O–H groups in total. The summed E-state index contributed by atoms with van der Waals surface area (Å²) in [6, 6.07) is 1.81. The van der Waals surface area contributed by atoms with E-state index in [9.17, 15) is 0 Å². The minimum absolute atomic E-state index is 0.208. The van der Waals surface area contributed by atoms with Gasteiger partial charge in [0.25, 0.3) is 0 Å². The Labute approximate surface area is 44.5 Å². The summed E-state index contributed by atoms with van der Waals surface area (Å²) in [5, 5.41) is 14.4. The third-order valence-electron chi connectivity index (χ3n) is 0.240.